The van der Waals surface area contributed by atoms with Crippen molar-refractivity contribution >= 4 is 21.6 Å². The second-order valence-electron chi connectivity index (χ2n) is 8.49. The minimum atomic E-state index is -5.20. The molecule has 1 aliphatic rings. The van der Waals surface area contributed by atoms with Gasteiger partial charge in [-0.3, -0.25) is 4.79 Å². The number of nitrogens with zero attached hydrogens (tertiary/aromatic N) is 2. The number of ether oxygens (including phenoxy) is 2. The van der Waals surface area contributed by atoms with Crippen LogP contribution in [0.1, 0.15) is 11.1 Å². The van der Waals surface area contributed by atoms with Gasteiger partial charge in [-0.2, -0.15) is 4.31 Å². The number of para-hydroxylation sites is 2. The van der Waals surface area contributed by atoms with Crippen LogP contribution < -0.4 is 14.4 Å². The van der Waals surface area contributed by atoms with Gasteiger partial charge in [0.2, 0.25) is 15.9 Å². The highest BCUT2D eigenvalue weighted by Gasteiger charge is 2.43. The largest absolute Gasteiger partial charge is 0.573 e. The molecule has 39 heavy (non-hydrogen) atoms. The smallest absolute Gasteiger partial charge is 0.406 e. The summed E-state index contributed by atoms with van der Waals surface area (Å²) < 4.78 is 114. The average molecular weight is 574 g/mol. The van der Waals surface area contributed by atoms with Gasteiger partial charge in [0, 0.05) is 19.3 Å². The van der Waals surface area contributed by atoms with E-state index < -0.39 is 64.1 Å². The number of anilines is 1. The van der Waals surface area contributed by atoms with E-state index in [0.717, 1.165) is 34.6 Å². The lowest BCUT2D eigenvalue weighted by Gasteiger charge is -2.30. The zero-order chi connectivity index (χ0) is 28.6. The fraction of sp³-hybridized carbons (Fsp3) is 0.240. The van der Waals surface area contributed by atoms with Crippen molar-refractivity contribution < 1.29 is 49.0 Å². The molecule has 1 heterocycles. The third-order valence-corrected chi connectivity index (χ3v) is 7.76. The summed E-state index contributed by atoms with van der Waals surface area (Å²) in [5, 5.41) is 0. The monoisotopic (exact) mass is 574 g/mol. The quantitative estimate of drug-likeness (QED) is 0.376. The third kappa shape index (κ3) is 6.45. The molecular formula is C25H20F6N2O5S. The van der Waals surface area contributed by atoms with E-state index in [0.29, 0.717) is 11.3 Å². The summed E-state index contributed by atoms with van der Waals surface area (Å²) in [6, 6.07) is 13.5. The summed E-state index contributed by atoms with van der Waals surface area (Å²) in [4.78, 5) is 14.0. The second kappa shape index (κ2) is 10.4. The molecule has 0 fully saturated rings. The first-order valence-corrected chi connectivity index (χ1v) is 12.7. The van der Waals surface area contributed by atoms with Gasteiger partial charge in [-0.1, -0.05) is 42.5 Å². The fourth-order valence-corrected chi connectivity index (χ4v) is 5.92. The first-order valence-electron chi connectivity index (χ1n) is 11.2. The molecule has 0 bridgehead atoms. The molecule has 0 aliphatic carbocycles. The summed E-state index contributed by atoms with van der Waals surface area (Å²) in [5.74, 6) is -2.33. The highest BCUT2D eigenvalue weighted by molar-refractivity contribution is 7.89. The number of halogens is 6. The molecule has 3 aromatic carbocycles. The first-order chi connectivity index (χ1) is 18.2. The second-order valence-corrected chi connectivity index (χ2v) is 10.3. The van der Waals surface area contributed by atoms with Gasteiger partial charge >= 0.3 is 12.7 Å². The lowest BCUT2D eigenvalue weighted by molar-refractivity contribution is -0.276. The predicted octanol–water partition coefficient (Wildman–Crippen LogP) is 5.26. The molecule has 1 aliphatic heterocycles. The van der Waals surface area contributed by atoms with Gasteiger partial charge in [-0.05, 0) is 47.9 Å². The Hall–Kier alpha value is -3.78. The maximum atomic E-state index is 13.9. The summed E-state index contributed by atoms with van der Waals surface area (Å²) in [7, 11) is -3.45. The number of benzene rings is 3. The molecule has 208 valence electrons. The number of amides is 1. The van der Waals surface area contributed by atoms with Crippen LogP contribution in [0.15, 0.2) is 77.7 Å². The summed E-state index contributed by atoms with van der Waals surface area (Å²) in [6.45, 7) is -0.418. The summed E-state index contributed by atoms with van der Waals surface area (Å²) >= 11 is 0. The van der Waals surface area contributed by atoms with Crippen LogP contribution in [0.25, 0.3) is 0 Å². The Kier molecular flexibility index (Phi) is 7.54. The number of carbonyl (C=O) groups excluding carboxylic acids is 1. The van der Waals surface area contributed by atoms with E-state index >= 15 is 0 Å². The van der Waals surface area contributed by atoms with Gasteiger partial charge in [0.15, 0.2) is 0 Å². The molecule has 1 amide bonds. The van der Waals surface area contributed by atoms with E-state index in [1.165, 1.54) is 30.1 Å². The van der Waals surface area contributed by atoms with Crippen molar-refractivity contribution in [3.63, 3.8) is 0 Å². The molecule has 0 saturated heterocycles. The average Bonchev–Trinajstić information content (AvgIpc) is 2.93. The number of sulfonamides is 1. The van der Waals surface area contributed by atoms with Crippen molar-refractivity contribution in [3.05, 3.63) is 83.9 Å². The summed E-state index contributed by atoms with van der Waals surface area (Å²) in [5.41, 5.74) is 0.858. The Labute approximate surface area is 219 Å². The van der Waals surface area contributed by atoms with Crippen molar-refractivity contribution in [2.24, 2.45) is 0 Å². The van der Waals surface area contributed by atoms with Gasteiger partial charge < -0.3 is 14.4 Å². The van der Waals surface area contributed by atoms with Crippen molar-refractivity contribution in [1.82, 2.24) is 4.31 Å². The van der Waals surface area contributed by atoms with Gasteiger partial charge in [0.25, 0.3) is 0 Å². The lowest BCUT2D eigenvalue weighted by Crippen LogP contribution is -2.49. The molecule has 7 nitrogen and oxygen atoms in total. The number of carbonyl (C=O) groups is 1. The number of fused-ring (bicyclic) bond motifs is 1. The van der Waals surface area contributed by atoms with Crippen LogP contribution in [0.3, 0.4) is 0 Å². The van der Waals surface area contributed by atoms with Crippen molar-refractivity contribution in [2.45, 2.75) is 36.6 Å². The minimum Gasteiger partial charge on any atom is -0.406 e. The van der Waals surface area contributed by atoms with E-state index in [-0.39, 0.29) is 5.56 Å². The van der Waals surface area contributed by atoms with E-state index in [1.54, 1.807) is 24.3 Å². The zero-order valence-electron chi connectivity index (χ0n) is 20.0. The Morgan fingerprint density at radius 1 is 0.872 bits per heavy atom. The standard InChI is InChI=1S/C25H20F6N2O5S/c1-32-19-10-3-2-8-17(19)15-33(39(35,36)22-12-5-4-11-21(22)38-25(29,30)31)20(23(32)34)14-16-7-6-9-18(13-16)37-24(26,27)28/h2-13,20H,14-15H2,1H3. The Bertz CT molecular complexity index is 1480. The Morgan fingerprint density at radius 3 is 2.21 bits per heavy atom. The van der Waals surface area contributed by atoms with Crippen LogP contribution in [-0.2, 0) is 27.8 Å². The van der Waals surface area contributed by atoms with Crippen LogP contribution in [0, 0.1) is 0 Å². The van der Waals surface area contributed by atoms with Crippen LogP contribution in [-0.4, -0.2) is 44.4 Å². The maximum absolute atomic E-state index is 13.9. The number of rotatable bonds is 6. The van der Waals surface area contributed by atoms with Gasteiger partial charge in [-0.25, -0.2) is 8.42 Å². The molecule has 0 aromatic heterocycles. The molecule has 0 saturated carbocycles. The minimum absolute atomic E-state index is 0.120. The summed E-state index contributed by atoms with van der Waals surface area (Å²) in [6.07, 6.45) is -10.6. The van der Waals surface area contributed by atoms with E-state index in [2.05, 4.69) is 9.47 Å². The topological polar surface area (TPSA) is 76.2 Å². The van der Waals surface area contributed by atoms with Crippen molar-refractivity contribution in [2.75, 3.05) is 11.9 Å². The first kappa shape index (κ1) is 28.2. The highest BCUT2D eigenvalue weighted by Crippen LogP contribution is 2.36. The van der Waals surface area contributed by atoms with Crippen molar-refractivity contribution in [1.29, 1.82) is 0 Å². The molecular weight excluding hydrogens is 554 g/mol. The number of hydrogen-bond donors (Lipinski definition) is 0. The molecule has 1 atom stereocenters. The van der Waals surface area contributed by atoms with E-state index in [4.69, 9.17) is 0 Å². The number of hydrogen-bond acceptors (Lipinski definition) is 5. The molecule has 4 rings (SSSR count). The molecule has 0 N–H and O–H groups in total. The van der Waals surface area contributed by atoms with Gasteiger partial charge in [0.1, 0.15) is 22.4 Å². The van der Waals surface area contributed by atoms with E-state index in [1.807, 2.05) is 0 Å². The fourth-order valence-electron chi connectivity index (χ4n) is 4.25. The zero-order valence-corrected chi connectivity index (χ0v) is 20.8. The Morgan fingerprint density at radius 2 is 1.51 bits per heavy atom. The normalized spacial score (nSPS) is 16.9. The third-order valence-electron chi connectivity index (χ3n) is 5.86. The lowest BCUT2D eigenvalue weighted by atomic mass is 10.0. The number of likely N-dealkylation sites (N-methyl/N-ethyl adjacent to an activating group) is 1. The van der Waals surface area contributed by atoms with Crippen LogP contribution >= 0.6 is 0 Å². The maximum Gasteiger partial charge on any atom is 0.573 e. The molecule has 14 heteroatoms. The van der Waals surface area contributed by atoms with E-state index in [9.17, 15) is 39.6 Å². The molecule has 3 aromatic rings. The predicted molar refractivity (Wildman–Crippen MR) is 126 cm³/mol. The van der Waals surface area contributed by atoms with Crippen LogP contribution in [0.4, 0.5) is 32.0 Å². The molecule has 1 unspecified atom stereocenters. The van der Waals surface area contributed by atoms with Gasteiger partial charge in [-0.15, -0.1) is 26.3 Å². The van der Waals surface area contributed by atoms with Crippen molar-refractivity contribution in [3.8, 4) is 11.5 Å². The van der Waals surface area contributed by atoms with Crippen LogP contribution in [0.5, 0.6) is 11.5 Å². The Balaban J connectivity index is 1.83. The highest BCUT2D eigenvalue weighted by atomic mass is 32.2. The SMILES string of the molecule is CN1C(=O)C(Cc2cccc(OC(F)(F)F)c2)N(S(=O)(=O)c2ccccc2OC(F)(F)F)Cc2ccccc21. The molecule has 0 radical (unpaired) electrons. The number of alkyl halides is 6. The van der Waals surface area contributed by atoms with Gasteiger partial charge in [0.05, 0.1) is 0 Å². The molecule has 0 spiro atoms. The van der Waals surface area contributed by atoms with Crippen LogP contribution in [0.2, 0.25) is 0 Å².